The van der Waals surface area contributed by atoms with Gasteiger partial charge in [-0.05, 0) is 35.9 Å². The van der Waals surface area contributed by atoms with Gasteiger partial charge in [0.15, 0.2) is 0 Å². The molecule has 7 heteroatoms. The van der Waals surface area contributed by atoms with Crippen LogP contribution in [0, 0.1) is 0 Å². The Morgan fingerprint density at radius 1 is 1.18 bits per heavy atom. The molecule has 0 saturated heterocycles. The molecule has 0 saturated carbocycles. The fraction of sp³-hybridized carbons (Fsp3) is 0.286. The number of benzene rings is 1. The Morgan fingerprint density at radius 3 is 2.64 bits per heavy atom. The summed E-state index contributed by atoms with van der Waals surface area (Å²) < 4.78 is 0. The largest absolute Gasteiger partial charge is 0.399 e. The number of rotatable bonds is 4. The molecule has 0 radical (unpaired) electrons. The minimum absolute atomic E-state index is 0.0670. The molecule has 28 heavy (non-hydrogen) atoms. The zero-order valence-electron chi connectivity index (χ0n) is 16.1. The lowest BCUT2D eigenvalue weighted by molar-refractivity contribution is 0.241. The summed E-state index contributed by atoms with van der Waals surface area (Å²) in [4.78, 5) is 29.0. The Bertz CT molecular complexity index is 1020. The lowest BCUT2D eigenvalue weighted by Crippen LogP contribution is -2.35. The van der Waals surface area contributed by atoms with Crippen LogP contribution in [0.5, 0.6) is 0 Å². The topological polar surface area (TPSA) is 91.1 Å². The van der Waals surface area contributed by atoms with E-state index in [9.17, 15) is 4.79 Å². The van der Waals surface area contributed by atoms with Crippen molar-refractivity contribution in [2.45, 2.75) is 19.5 Å². The van der Waals surface area contributed by atoms with E-state index < -0.39 is 0 Å². The van der Waals surface area contributed by atoms with Crippen LogP contribution in [0.15, 0.2) is 47.4 Å². The van der Waals surface area contributed by atoms with E-state index in [1.165, 1.54) is 0 Å². The third kappa shape index (κ3) is 3.75. The van der Waals surface area contributed by atoms with E-state index in [2.05, 4.69) is 20.9 Å². The fourth-order valence-electron chi connectivity index (χ4n) is 3.43. The molecule has 144 valence electrons. The summed E-state index contributed by atoms with van der Waals surface area (Å²) in [6, 6.07) is 11.5. The molecule has 1 aromatic carbocycles. The maximum atomic E-state index is 12.7. The first-order valence-electron chi connectivity index (χ1n) is 9.32. The molecule has 0 atom stereocenters. The Kier molecular flexibility index (Phi) is 4.83. The van der Waals surface area contributed by atoms with Crippen molar-refractivity contribution in [3.8, 4) is 11.4 Å². The molecule has 0 aliphatic carbocycles. The number of hydrogen-bond donors (Lipinski definition) is 2. The van der Waals surface area contributed by atoms with Crippen molar-refractivity contribution in [3.63, 3.8) is 0 Å². The molecule has 0 fully saturated rings. The minimum Gasteiger partial charge on any atom is -0.399 e. The van der Waals surface area contributed by atoms with Crippen LogP contribution in [0.2, 0.25) is 0 Å². The maximum absolute atomic E-state index is 12.7. The van der Waals surface area contributed by atoms with Crippen molar-refractivity contribution in [1.82, 2.24) is 19.9 Å². The van der Waals surface area contributed by atoms with Gasteiger partial charge in [0.05, 0.1) is 11.3 Å². The quantitative estimate of drug-likeness (QED) is 0.677. The zero-order valence-corrected chi connectivity index (χ0v) is 16.1. The number of nitrogens with zero attached hydrogens (tertiary/aromatic N) is 4. The molecule has 3 aromatic rings. The zero-order chi connectivity index (χ0) is 19.7. The van der Waals surface area contributed by atoms with Crippen molar-refractivity contribution >= 4 is 11.5 Å². The van der Waals surface area contributed by atoms with Gasteiger partial charge in [-0.15, -0.1) is 0 Å². The van der Waals surface area contributed by atoms with E-state index in [0.29, 0.717) is 18.1 Å². The number of nitrogens with one attached hydrogen (secondary N) is 1. The number of fused-ring (bicyclic) bond motifs is 1. The van der Waals surface area contributed by atoms with Crippen LogP contribution in [0.1, 0.15) is 16.8 Å². The second-order valence-corrected chi connectivity index (χ2v) is 7.34. The molecule has 0 amide bonds. The summed E-state index contributed by atoms with van der Waals surface area (Å²) in [5, 5.41) is 0. The highest BCUT2D eigenvalue weighted by atomic mass is 16.1. The molecule has 1 aliphatic rings. The number of aromatic nitrogens is 3. The Hall–Kier alpha value is -3.19. The van der Waals surface area contributed by atoms with E-state index >= 15 is 0 Å². The third-order valence-electron chi connectivity index (χ3n) is 5.01. The van der Waals surface area contributed by atoms with Crippen molar-refractivity contribution in [2.24, 2.45) is 0 Å². The van der Waals surface area contributed by atoms with E-state index in [0.717, 1.165) is 47.7 Å². The van der Waals surface area contributed by atoms with Gasteiger partial charge in [-0.2, -0.15) is 0 Å². The molecular weight excluding hydrogens is 352 g/mol. The van der Waals surface area contributed by atoms with Crippen LogP contribution in [0.4, 0.5) is 11.5 Å². The van der Waals surface area contributed by atoms with Gasteiger partial charge in [0.2, 0.25) is 0 Å². The number of hydrogen-bond acceptors (Lipinski definition) is 6. The van der Waals surface area contributed by atoms with Gasteiger partial charge in [-0.1, -0.05) is 6.07 Å². The van der Waals surface area contributed by atoms with E-state index in [1.807, 2.05) is 55.5 Å². The molecule has 3 N–H and O–H groups in total. The molecule has 3 heterocycles. The first-order valence-corrected chi connectivity index (χ1v) is 9.32. The minimum atomic E-state index is -0.0670. The number of H-pyrrole nitrogens is 1. The second-order valence-electron chi connectivity index (χ2n) is 7.34. The Morgan fingerprint density at radius 2 is 1.96 bits per heavy atom. The van der Waals surface area contributed by atoms with Crippen molar-refractivity contribution in [1.29, 1.82) is 0 Å². The van der Waals surface area contributed by atoms with Crippen molar-refractivity contribution < 1.29 is 0 Å². The van der Waals surface area contributed by atoms with Gasteiger partial charge in [-0.25, -0.2) is 9.97 Å². The lowest BCUT2D eigenvalue weighted by atomic mass is 10.1. The normalized spacial score (nSPS) is 13.9. The van der Waals surface area contributed by atoms with Crippen LogP contribution >= 0.6 is 0 Å². The van der Waals surface area contributed by atoms with E-state index in [4.69, 9.17) is 10.7 Å². The van der Waals surface area contributed by atoms with Gasteiger partial charge >= 0.3 is 0 Å². The second kappa shape index (κ2) is 7.44. The average Bonchev–Trinajstić information content (AvgIpc) is 2.69. The lowest BCUT2D eigenvalue weighted by Gasteiger charge is -2.27. The van der Waals surface area contributed by atoms with Gasteiger partial charge in [-0.3, -0.25) is 9.69 Å². The molecular formula is C21H24N6O. The van der Waals surface area contributed by atoms with Crippen LogP contribution in [-0.2, 0) is 19.5 Å². The SMILES string of the molecule is CN(C)c1ccc(CN2CCc3nc(-c4ccc(N)cc4)[nH]c(=O)c3C2)cn1. The number of pyridine rings is 1. The van der Waals surface area contributed by atoms with Crippen molar-refractivity contribution in [3.05, 3.63) is 69.8 Å². The standard InChI is InChI=1S/C21H24N6O/c1-26(2)19-8-3-14(11-23-19)12-27-10-9-18-17(13-27)21(28)25-20(24-18)15-4-6-16(22)7-5-15/h3-8,11H,9-10,12-13,22H2,1-2H3,(H,24,25,28). The number of anilines is 2. The van der Waals surface area contributed by atoms with Crippen LogP contribution in [0.3, 0.4) is 0 Å². The molecule has 7 nitrogen and oxygen atoms in total. The number of nitrogens with two attached hydrogens (primary N) is 1. The molecule has 0 spiro atoms. The number of nitrogen functional groups attached to an aromatic ring is 1. The average molecular weight is 376 g/mol. The first-order chi connectivity index (χ1) is 13.5. The highest BCUT2D eigenvalue weighted by Gasteiger charge is 2.21. The fourth-order valence-corrected chi connectivity index (χ4v) is 3.43. The summed E-state index contributed by atoms with van der Waals surface area (Å²) in [5.41, 5.74) is 10.00. The predicted octanol–water partition coefficient (Wildman–Crippen LogP) is 2.04. The smallest absolute Gasteiger partial charge is 0.255 e. The summed E-state index contributed by atoms with van der Waals surface area (Å²) in [7, 11) is 3.95. The van der Waals surface area contributed by atoms with Crippen LogP contribution < -0.4 is 16.2 Å². The van der Waals surface area contributed by atoms with Gasteiger partial charge in [0.1, 0.15) is 11.6 Å². The molecule has 2 aromatic heterocycles. The summed E-state index contributed by atoms with van der Waals surface area (Å²) in [6.45, 7) is 2.22. The highest BCUT2D eigenvalue weighted by Crippen LogP contribution is 2.21. The first kappa shape index (κ1) is 18.2. The van der Waals surface area contributed by atoms with Crippen molar-refractivity contribution in [2.75, 3.05) is 31.3 Å². The molecule has 0 bridgehead atoms. The maximum Gasteiger partial charge on any atom is 0.255 e. The molecule has 4 rings (SSSR count). The predicted molar refractivity (Wildman–Crippen MR) is 111 cm³/mol. The Labute approximate surface area is 163 Å². The van der Waals surface area contributed by atoms with Gasteiger partial charge < -0.3 is 15.6 Å². The van der Waals surface area contributed by atoms with Gasteiger partial charge in [0, 0.05) is 57.6 Å². The van der Waals surface area contributed by atoms with E-state index in [-0.39, 0.29) is 5.56 Å². The highest BCUT2D eigenvalue weighted by molar-refractivity contribution is 5.58. The Balaban J connectivity index is 1.52. The third-order valence-corrected chi connectivity index (χ3v) is 5.01. The monoisotopic (exact) mass is 376 g/mol. The summed E-state index contributed by atoms with van der Waals surface area (Å²) in [5.74, 6) is 1.53. The van der Waals surface area contributed by atoms with Crippen LogP contribution in [-0.4, -0.2) is 40.5 Å². The summed E-state index contributed by atoms with van der Waals surface area (Å²) >= 11 is 0. The molecule has 0 unspecified atom stereocenters. The van der Waals surface area contributed by atoms with Crippen LogP contribution in [0.25, 0.3) is 11.4 Å². The molecule has 1 aliphatic heterocycles. The summed E-state index contributed by atoms with van der Waals surface area (Å²) in [6.07, 6.45) is 2.65. The number of aromatic amines is 1. The van der Waals surface area contributed by atoms with Gasteiger partial charge in [0.25, 0.3) is 5.56 Å². The van der Waals surface area contributed by atoms with E-state index in [1.54, 1.807) is 0 Å².